The molecule has 2 fully saturated rings. The monoisotopic (exact) mass is 463 g/mol. The number of hydrogen-bond donors (Lipinski definition) is 0. The highest BCUT2D eigenvalue weighted by atomic mass is 19.1. The van der Waals surface area contributed by atoms with Crippen LogP contribution in [-0.4, -0.2) is 67.2 Å². The molecule has 5 rings (SSSR count). The SMILES string of the molecule is C[C@@H]1CN(c2cnc3cc(C(=O)N(C)C)cc(C4CCCN4c4cccc(F)c4)c3n2)CCO1. The van der Waals surface area contributed by atoms with Gasteiger partial charge in [-0.25, -0.2) is 9.37 Å². The average Bonchev–Trinajstić information content (AvgIpc) is 3.32. The van der Waals surface area contributed by atoms with Gasteiger partial charge in [0.05, 0.1) is 36.0 Å². The molecule has 0 saturated carbocycles. The van der Waals surface area contributed by atoms with Crippen molar-refractivity contribution in [3.05, 3.63) is 59.5 Å². The third kappa shape index (κ3) is 4.30. The highest BCUT2D eigenvalue weighted by Crippen LogP contribution is 2.39. The predicted octanol–water partition coefficient (Wildman–Crippen LogP) is 4.04. The molecule has 1 unspecified atom stereocenters. The van der Waals surface area contributed by atoms with Crippen LogP contribution in [0.2, 0.25) is 0 Å². The molecular weight excluding hydrogens is 433 g/mol. The molecule has 2 saturated heterocycles. The van der Waals surface area contributed by atoms with Gasteiger partial charge in [-0.1, -0.05) is 6.07 Å². The molecule has 2 atom stereocenters. The Morgan fingerprint density at radius 2 is 2.06 bits per heavy atom. The zero-order valence-corrected chi connectivity index (χ0v) is 19.9. The lowest BCUT2D eigenvalue weighted by atomic mass is 9.98. The summed E-state index contributed by atoms with van der Waals surface area (Å²) in [7, 11) is 3.49. The highest BCUT2D eigenvalue weighted by molar-refractivity contribution is 5.98. The standard InChI is InChI=1S/C26H30FN5O2/c1-17-16-31(10-11-34-17)24-15-28-22-13-18(26(33)30(2)3)12-21(25(22)29-24)23-8-5-9-32(23)20-7-4-6-19(27)14-20/h4,6-7,12-15,17,23H,5,8-11,16H2,1-3H3/t17-,23?/m1/s1. The quantitative estimate of drug-likeness (QED) is 0.582. The van der Waals surface area contributed by atoms with Crippen LogP contribution in [0.25, 0.3) is 11.0 Å². The number of halogens is 1. The zero-order chi connectivity index (χ0) is 23.8. The van der Waals surface area contributed by atoms with E-state index >= 15 is 0 Å². The number of rotatable bonds is 4. The first-order valence-corrected chi connectivity index (χ1v) is 11.8. The lowest BCUT2D eigenvalue weighted by molar-refractivity contribution is 0.0529. The fraction of sp³-hybridized carbons (Fsp3) is 0.423. The van der Waals surface area contributed by atoms with E-state index in [9.17, 15) is 9.18 Å². The number of fused-ring (bicyclic) bond motifs is 1. The van der Waals surface area contributed by atoms with E-state index in [0.717, 1.165) is 55.1 Å². The maximum atomic E-state index is 14.0. The summed E-state index contributed by atoms with van der Waals surface area (Å²) in [6, 6.07) is 10.5. The smallest absolute Gasteiger partial charge is 0.253 e. The minimum Gasteiger partial charge on any atom is -0.375 e. The van der Waals surface area contributed by atoms with Gasteiger partial charge in [-0.2, -0.15) is 0 Å². The molecule has 2 aromatic carbocycles. The Labute approximate surface area is 199 Å². The van der Waals surface area contributed by atoms with Crippen LogP contribution in [0.15, 0.2) is 42.6 Å². The number of benzene rings is 2. The second-order valence-corrected chi connectivity index (χ2v) is 9.32. The molecule has 0 aliphatic carbocycles. The fourth-order valence-corrected chi connectivity index (χ4v) is 5.00. The predicted molar refractivity (Wildman–Crippen MR) is 131 cm³/mol. The number of carbonyl (C=O) groups is 1. The molecule has 178 valence electrons. The van der Waals surface area contributed by atoms with Gasteiger partial charge in [-0.15, -0.1) is 0 Å². The summed E-state index contributed by atoms with van der Waals surface area (Å²) < 4.78 is 19.7. The highest BCUT2D eigenvalue weighted by Gasteiger charge is 2.30. The molecule has 34 heavy (non-hydrogen) atoms. The first kappa shape index (κ1) is 22.5. The molecule has 0 N–H and O–H groups in total. The van der Waals surface area contributed by atoms with Gasteiger partial charge in [0, 0.05) is 50.5 Å². The molecule has 3 aromatic rings. The molecular formula is C26H30FN5O2. The fourth-order valence-electron chi connectivity index (χ4n) is 5.00. The molecule has 1 aromatic heterocycles. The third-order valence-electron chi connectivity index (χ3n) is 6.63. The summed E-state index contributed by atoms with van der Waals surface area (Å²) >= 11 is 0. The number of ether oxygens (including phenoxy) is 1. The van der Waals surface area contributed by atoms with Gasteiger partial charge in [0.15, 0.2) is 0 Å². The van der Waals surface area contributed by atoms with Gasteiger partial charge in [-0.3, -0.25) is 9.78 Å². The van der Waals surface area contributed by atoms with E-state index in [2.05, 4.69) is 16.7 Å². The maximum Gasteiger partial charge on any atom is 0.253 e. The van der Waals surface area contributed by atoms with Gasteiger partial charge in [0.2, 0.25) is 0 Å². The Morgan fingerprint density at radius 1 is 1.21 bits per heavy atom. The van der Waals surface area contributed by atoms with E-state index in [-0.39, 0.29) is 23.9 Å². The molecule has 8 heteroatoms. The average molecular weight is 464 g/mol. The number of morpholine rings is 1. The van der Waals surface area contributed by atoms with Gasteiger partial charge in [0.1, 0.15) is 11.6 Å². The normalized spacial score (nSPS) is 20.7. The summed E-state index contributed by atoms with van der Waals surface area (Å²) in [4.78, 5) is 28.7. The van der Waals surface area contributed by atoms with E-state index in [4.69, 9.17) is 14.7 Å². The van der Waals surface area contributed by atoms with Gasteiger partial charge < -0.3 is 19.4 Å². The minimum absolute atomic E-state index is 0.0209. The molecule has 0 bridgehead atoms. The van der Waals surface area contributed by atoms with E-state index in [1.54, 1.807) is 37.3 Å². The van der Waals surface area contributed by atoms with Crippen molar-refractivity contribution in [2.45, 2.75) is 31.9 Å². The van der Waals surface area contributed by atoms with Gasteiger partial charge in [0.25, 0.3) is 5.91 Å². The molecule has 0 spiro atoms. The molecule has 7 nitrogen and oxygen atoms in total. The van der Waals surface area contributed by atoms with Crippen LogP contribution in [0.1, 0.15) is 41.7 Å². The van der Waals surface area contributed by atoms with Gasteiger partial charge >= 0.3 is 0 Å². The van der Waals surface area contributed by atoms with Crippen molar-refractivity contribution in [1.29, 1.82) is 0 Å². The van der Waals surface area contributed by atoms with E-state index in [1.807, 2.05) is 18.2 Å². The van der Waals surface area contributed by atoms with Crippen LogP contribution in [0.3, 0.4) is 0 Å². The largest absolute Gasteiger partial charge is 0.375 e. The number of aromatic nitrogens is 2. The minimum atomic E-state index is -0.256. The van der Waals surface area contributed by atoms with Crippen molar-refractivity contribution in [2.24, 2.45) is 0 Å². The Kier molecular flexibility index (Phi) is 6.08. The Bertz CT molecular complexity index is 1220. The Hall–Kier alpha value is -3.26. The molecule has 1 amide bonds. The van der Waals surface area contributed by atoms with Crippen molar-refractivity contribution in [3.8, 4) is 0 Å². The summed E-state index contributed by atoms with van der Waals surface area (Å²) in [5.41, 5.74) is 3.87. The van der Waals surface area contributed by atoms with Crippen molar-refractivity contribution >= 4 is 28.4 Å². The van der Waals surface area contributed by atoms with E-state index < -0.39 is 0 Å². The van der Waals surface area contributed by atoms with Crippen LogP contribution < -0.4 is 9.80 Å². The summed E-state index contributed by atoms with van der Waals surface area (Å²) in [5.74, 6) is 0.477. The van der Waals surface area contributed by atoms with Crippen LogP contribution >= 0.6 is 0 Å². The third-order valence-corrected chi connectivity index (χ3v) is 6.63. The second-order valence-electron chi connectivity index (χ2n) is 9.32. The van der Waals surface area contributed by atoms with Crippen LogP contribution in [0, 0.1) is 5.82 Å². The van der Waals surface area contributed by atoms with Crippen molar-refractivity contribution in [2.75, 3.05) is 50.1 Å². The van der Waals surface area contributed by atoms with Crippen LogP contribution in [-0.2, 0) is 4.74 Å². The molecule has 0 radical (unpaired) electrons. The first-order chi connectivity index (χ1) is 16.4. The van der Waals surface area contributed by atoms with Crippen LogP contribution in [0.5, 0.6) is 0 Å². The lowest BCUT2D eigenvalue weighted by Crippen LogP contribution is -2.41. The Balaban J connectivity index is 1.63. The van der Waals surface area contributed by atoms with Crippen LogP contribution in [0.4, 0.5) is 15.9 Å². The molecule has 3 heterocycles. The molecule has 2 aliphatic rings. The number of nitrogens with zero attached hydrogens (tertiary/aromatic N) is 5. The van der Waals surface area contributed by atoms with Crippen molar-refractivity contribution in [1.82, 2.24) is 14.9 Å². The summed E-state index contributed by atoms with van der Waals surface area (Å²) in [6.45, 7) is 5.04. The summed E-state index contributed by atoms with van der Waals surface area (Å²) in [5, 5.41) is 0. The zero-order valence-electron chi connectivity index (χ0n) is 19.9. The first-order valence-electron chi connectivity index (χ1n) is 11.8. The van der Waals surface area contributed by atoms with Gasteiger partial charge in [-0.05, 0) is 50.1 Å². The van der Waals surface area contributed by atoms with E-state index in [0.29, 0.717) is 17.7 Å². The van der Waals surface area contributed by atoms with Crippen molar-refractivity contribution in [3.63, 3.8) is 0 Å². The van der Waals surface area contributed by atoms with E-state index in [1.165, 1.54) is 6.07 Å². The number of anilines is 2. The Morgan fingerprint density at radius 3 is 2.82 bits per heavy atom. The second kappa shape index (κ2) is 9.18. The van der Waals surface area contributed by atoms with Crippen molar-refractivity contribution < 1.29 is 13.9 Å². The number of amides is 1. The topological polar surface area (TPSA) is 61.8 Å². The lowest BCUT2D eigenvalue weighted by Gasteiger charge is -2.32. The number of carbonyl (C=O) groups excluding carboxylic acids is 1. The number of hydrogen-bond acceptors (Lipinski definition) is 6. The molecule has 2 aliphatic heterocycles. The maximum absolute atomic E-state index is 14.0. The summed E-state index contributed by atoms with van der Waals surface area (Å²) in [6.07, 6.45) is 3.78.